The maximum atomic E-state index is 12.6. The van der Waals surface area contributed by atoms with Gasteiger partial charge in [-0.3, -0.25) is 4.79 Å². The molecular weight excluding hydrogens is 425 g/mol. The minimum atomic E-state index is -4.29. The van der Waals surface area contributed by atoms with Gasteiger partial charge >= 0.3 is 12.1 Å². The van der Waals surface area contributed by atoms with Crippen molar-refractivity contribution in [3.8, 4) is 11.5 Å². The van der Waals surface area contributed by atoms with Crippen molar-refractivity contribution in [3.63, 3.8) is 0 Å². The summed E-state index contributed by atoms with van der Waals surface area (Å²) in [6.07, 6.45) is -0.929. The Hall–Kier alpha value is -1.50. The van der Waals surface area contributed by atoms with Gasteiger partial charge in [-0.25, -0.2) is 0 Å². The van der Waals surface area contributed by atoms with Gasteiger partial charge in [-0.05, 0) is 80.4 Å². The second kappa shape index (κ2) is 7.86. The Labute approximate surface area is 166 Å². The summed E-state index contributed by atoms with van der Waals surface area (Å²) in [5, 5.41) is 0. The molecule has 1 aromatic carbocycles. The van der Waals surface area contributed by atoms with Crippen molar-refractivity contribution in [2.24, 2.45) is 0 Å². The molecule has 0 amide bonds. The molecule has 7 heteroatoms. The second-order valence-corrected chi connectivity index (χ2v) is 8.06. The Morgan fingerprint density at radius 2 is 1.93 bits per heavy atom. The summed E-state index contributed by atoms with van der Waals surface area (Å²) < 4.78 is 50.2. The lowest BCUT2D eigenvalue weighted by Gasteiger charge is -2.38. The zero-order valence-electron chi connectivity index (χ0n) is 16.1. The summed E-state index contributed by atoms with van der Waals surface area (Å²) >= 11 is 3.52. The van der Waals surface area contributed by atoms with E-state index in [-0.39, 0.29) is 0 Å². The van der Waals surface area contributed by atoms with Gasteiger partial charge in [0.05, 0.1) is 4.47 Å². The summed E-state index contributed by atoms with van der Waals surface area (Å²) in [6.45, 7) is 8.11. The zero-order chi connectivity index (χ0) is 20.6. The average Bonchev–Trinajstić information content (AvgIpc) is 2.55. The van der Waals surface area contributed by atoms with Gasteiger partial charge in [0.2, 0.25) is 0 Å². The van der Waals surface area contributed by atoms with Gasteiger partial charge in [0.25, 0.3) is 0 Å². The van der Waals surface area contributed by atoms with Gasteiger partial charge in [-0.2, -0.15) is 13.2 Å². The Morgan fingerprint density at radius 3 is 2.48 bits per heavy atom. The Bertz CT molecular complexity index is 784. The molecule has 2 rings (SSSR count). The van der Waals surface area contributed by atoms with Crippen molar-refractivity contribution in [2.45, 2.75) is 72.1 Å². The van der Waals surface area contributed by atoms with Gasteiger partial charge in [-0.15, -0.1) is 0 Å². The fraction of sp³-hybridized carbons (Fsp3) is 0.550. The Morgan fingerprint density at radius 1 is 1.30 bits per heavy atom. The van der Waals surface area contributed by atoms with Crippen LogP contribution in [0.25, 0.3) is 0 Å². The molecule has 1 aliphatic rings. The van der Waals surface area contributed by atoms with E-state index in [1.165, 1.54) is 13.0 Å². The molecule has 27 heavy (non-hydrogen) atoms. The standard InChI is InChI=1S/C20H24BrF3O3/c1-11(20(22,23)24)7-6-9-19(5)10-8-15-16(21)18(26-14(4)25)13(3)12(2)17(15)27-19/h7H,6,8-10H2,1-5H3/b11-7-. The van der Waals surface area contributed by atoms with E-state index < -0.39 is 23.3 Å². The molecule has 0 bridgehead atoms. The molecule has 1 aliphatic heterocycles. The topological polar surface area (TPSA) is 35.5 Å². The van der Waals surface area contributed by atoms with Crippen molar-refractivity contribution in [2.75, 3.05) is 0 Å². The predicted molar refractivity (Wildman–Crippen MR) is 101 cm³/mol. The third-order valence-corrected chi connectivity index (χ3v) is 5.89. The van der Waals surface area contributed by atoms with Gasteiger partial charge in [0, 0.05) is 18.1 Å². The molecule has 150 valence electrons. The van der Waals surface area contributed by atoms with E-state index in [4.69, 9.17) is 9.47 Å². The van der Waals surface area contributed by atoms with Crippen LogP contribution in [0.15, 0.2) is 16.1 Å². The zero-order valence-corrected chi connectivity index (χ0v) is 17.7. The van der Waals surface area contributed by atoms with Gasteiger partial charge in [-0.1, -0.05) is 6.08 Å². The molecule has 1 atom stereocenters. The first kappa shape index (κ1) is 21.8. The number of benzene rings is 1. The van der Waals surface area contributed by atoms with Crippen LogP contribution in [0.1, 0.15) is 56.7 Å². The molecule has 0 spiro atoms. The summed E-state index contributed by atoms with van der Waals surface area (Å²) in [4.78, 5) is 11.4. The molecule has 3 nitrogen and oxygen atoms in total. The fourth-order valence-corrected chi connectivity index (χ4v) is 3.92. The number of carbonyl (C=O) groups is 1. The van der Waals surface area contributed by atoms with Crippen molar-refractivity contribution < 1.29 is 27.4 Å². The van der Waals surface area contributed by atoms with Crippen LogP contribution in [-0.4, -0.2) is 17.7 Å². The molecule has 1 unspecified atom stereocenters. The van der Waals surface area contributed by atoms with Crippen molar-refractivity contribution in [3.05, 3.63) is 32.8 Å². The number of carbonyl (C=O) groups excluding carboxylic acids is 1. The first-order valence-electron chi connectivity index (χ1n) is 8.78. The van der Waals surface area contributed by atoms with Crippen LogP contribution < -0.4 is 9.47 Å². The third kappa shape index (κ3) is 4.86. The molecule has 0 fully saturated rings. The third-order valence-electron chi connectivity index (χ3n) is 5.05. The van der Waals surface area contributed by atoms with Gasteiger partial charge in [0.1, 0.15) is 17.1 Å². The normalized spacial score (nSPS) is 20.1. The van der Waals surface area contributed by atoms with Crippen LogP contribution in [0.2, 0.25) is 0 Å². The maximum Gasteiger partial charge on any atom is 0.412 e. The lowest BCUT2D eigenvalue weighted by molar-refractivity contribution is -0.132. The lowest BCUT2D eigenvalue weighted by Crippen LogP contribution is -2.37. The quantitative estimate of drug-likeness (QED) is 0.305. The highest BCUT2D eigenvalue weighted by molar-refractivity contribution is 9.10. The smallest absolute Gasteiger partial charge is 0.412 e. The number of hydrogen-bond donors (Lipinski definition) is 0. The van der Waals surface area contributed by atoms with E-state index in [0.717, 1.165) is 29.4 Å². The van der Waals surface area contributed by atoms with E-state index in [1.807, 2.05) is 20.8 Å². The number of ether oxygens (including phenoxy) is 2. The molecule has 1 heterocycles. The van der Waals surface area contributed by atoms with E-state index in [0.29, 0.717) is 35.9 Å². The molecule has 0 radical (unpaired) electrons. The van der Waals surface area contributed by atoms with E-state index in [1.54, 1.807) is 0 Å². The molecule has 0 saturated carbocycles. The first-order chi connectivity index (χ1) is 12.4. The second-order valence-electron chi connectivity index (χ2n) is 7.27. The van der Waals surface area contributed by atoms with Gasteiger partial charge < -0.3 is 9.47 Å². The number of hydrogen-bond acceptors (Lipinski definition) is 3. The summed E-state index contributed by atoms with van der Waals surface area (Å²) in [5.74, 6) is 0.821. The minimum Gasteiger partial charge on any atom is -0.487 e. The number of alkyl halides is 3. The molecule has 1 aromatic rings. The maximum absolute atomic E-state index is 12.6. The predicted octanol–water partition coefficient (Wildman–Crippen LogP) is 6.36. The monoisotopic (exact) mass is 448 g/mol. The number of rotatable bonds is 4. The largest absolute Gasteiger partial charge is 0.487 e. The van der Waals surface area contributed by atoms with Crippen molar-refractivity contribution in [1.29, 1.82) is 0 Å². The van der Waals surface area contributed by atoms with Gasteiger partial charge in [0.15, 0.2) is 0 Å². The lowest BCUT2D eigenvalue weighted by atomic mass is 9.87. The number of esters is 1. The number of halogens is 4. The van der Waals surface area contributed by atoms with Crippen molar-refractivity contribution >= 4 is 21.9 Å². The van der Waals surface area contributed by atoms with E-state index in [9.17, 15) is 18.0 Å². The SMILES string of the molecule is CC(=O)Oc1c(C)c(C)c2c(c1Br)CCC(C)(CC/C=C(/C)C(F)(F)F)O2. The minimum absolute atomic E-state index is 0.294. The molecule has 0 aromatic heterocycles. The van der Waals surface area contributed by atoms with Crippen LogP contribution in [0.4, 0.5) is 13.2 Å². The van der Waals surface area contributed by atoms with Crippen LogP contribution >= 0.6 is 15.9 Å². The highest BCUT2D eigenvalue weighted by atomic mass is 79.9. The van der Waals surface area contributed by atoms with Crippen LogP contribution in [0.3, 0.4) is 0 Å². The van der Waals surface area contributed by atoms with Crippen LogP contribution in [0, 0.1) is 13.8 Å². The van der Waals surface area contributed by atoms with Crippen LogP contribution in [0.5, 0.6) is 11.5 Å². The summed E-state index contributed by atoms with van der Waals surface area (Å²) in [7, 11) is 0. The summed E-state index contributed by atoms with van der Waals surface area (Å²) in [5.41, 5.74) is 1.47. The molecule has 0 saturated heterocycles. The molecule has 0 N–H and O–H groups in total. The Kier molecular flexibility index (Phi) is 6.34. The van der Waals surface area contributed by atoms with E-state index >= 15 is 0 Å². The summed E-state index contributed by atoms with van der Waals surface area (Å²) in [6, 6.07) is 0. The molecular formula is C20H24BrF3O3. The number of fused-ring (bicyclic) bond motifs is 1. The molecule has 0 aliphatic carbocycles. The van der Waals surface area contributed by atoms with Crippen molar-refractivity contribution in [1.82, 2.24) is 0 Å². The van der Waals surface area contributed by atoms with Crippen LogP contribution in [-0.2, 0) is 11.2 Å². The highest BCUT2D eigenvalue weighted by Crippen LogP contribution is 2.47. The van der Waals surface area contributed by atoms with E-state index in [2.05, 4.69) is 15.9 Å². The Balaban J connectivity index is 2.26. The number of allylic oxidation sites excluding steroid dienone is 2. The average molecular weight is 449 g/mol. The highest BCUT2D eigenvalue weighted by Gasteiger charge is 2.35. The first-order valence-corrected chi connectivity index (χ1v) is 9.58. The fourth-order valence-electron chi connectivity index (χ4n) is 3.17.